The Hall–Kier alpha value is -0.120. The molecule has 1 saturated heterocycles. The molecule has 0 spiro atoms. The molecule has 3 nitrogen and oxygen atoms in total. The molecule has 2 N–H and O–H groups in total. The number of ether oxygens (including phenoxy) is 2. The third-order valence-corrected chi connectivity index (χ3v) is 5.36. The van der Waals surface area contributed by atoms with Crippen LogP contribution >= 0.6 is 0 Å². The van der Waals surface area contributed by atoms with Crippen LogP contribution in [-0.2, 0) is 9.47 Å². The summed E-state index contributed by atoms with van der Waals surface area (Å²) in [6.07, 6.45) is 10.1. The number of rotatable bonds is 7. The van der Waals surface area contributed by atoms with E-state index in [4.69, 9.17) is 15.2 Å². The lowest BCUT2D eigenvalue weighted by Crippen LogP contribution is -2.44. The van der Waals surface area contributed by atoms with Gasteiger partial charge >= 0.3 is 0 Å². The van der Waals surface area contributed by atoms with Gasteiger partial charge in [-0.2, -0.15) is 0 Å². The quantitative estimate of drug-likeness (QED) is 0.727. The summed E-state index contributed by atoms with van der Waals surface area (Å²) in [5.74, 6) is 1.66. The molecule has 0 radical (unpaired) electrons. The molecule has 1 atom stereocenters. The van der Waals surface area contributed by atoms with Gasteiger partial charge in [0.15, 0.2) is 0 Å². The minimum atomic E-state index is -0.0259. The molecule has 20 heavy (non-hydrogen) atoms. The second-order valence-corrected chi connectivity index (χ2v) is 7.09. The van der Waals surface area contributed by atoms with Gasteiger partial charge in [0.1, 0.15) is 0 Å². The Morgan fingerprint density at radius 2 is 2.00 bits per heavy atom. The van der Waals surface area contributed by atoms with E-state index in [9.17, 15) is 0 Å². The van der Waals surface area contributed by atoms with Crippen LogP contribution in [0.15, 0.2) is 0 Å². The van der Waals surface area contributed by atoms with Crippen molar-refractivity contribution in [2.45, 2.75) is 76.9 Å². The van der Waals surface area contributed by atoms with Crippen molar-refractivity contribution in [3.8, 4) is 0 Å². The average molecular weight is 283 g/mol. The fraction of sp³-hybridized carbons (Fsp3) is 1.00. The zero-order valence-corrected chi connectivity index (χ0v) is 13.4. The molecular formula is C17H33NO2. The van der Waals surface area contributed by atoms with Crippen LogP contribution in [-0.4, -0.2) is 31.5 Å². The molecular weight excluding hydrogens is 250 g/mol. The van der Waals surface area contributed by atoms with Gasteiger partial charge in [0.05, 0.1) is 11.7 Å². The van der Waals surface area contributed by atoms with E-state index < -0.39 is 0 Å². The van der Waals surface area contributed by atoms with Gasteiger partial charge < -0.3 is 15.2 Å². The minimum absolute atomic E-state index is 0.0259. The predicted octanol–water partition coefficient (Wildman–Crippen LogP) is 3.51. The maximum absolute atomic E-state index is 6.23. The summed E-state index contributed by atoms with van der Waals surface area (Å²) in [6.45, 7) is 7.15. The van der Waals surface area contributed by atoms with Crippen molar-refractivity contribution in [3.05, 3.63) is 0 Å². The molecule has 118 valence electrons. The van der Waals surface area contributed by atoms with Crippen molar-refractivity contribution < 1.29 is 9.47 Å². The first-order valence-corrected chi connectivity index (χ1v) is 8.61. The summed E-state index contributed by atoms with van der Waals surface area (Å²) in [7, 11) is 0. The Balaban J connectivity index is 1.66. The maximum Gasteiger partial charge on any atom is 0.0804 e. The lowest BCUT2D eigenvalue weighted by molar-refractivity contribution is -0.0774. The van der Waals surface area contributed by atoms with Gasteiger partial charge in [0.2, 0.25) is 0 Å². The lowest BCUT2D eigenvalue weighted by Gasteiger charge is -2.40. The van der Waals surface area contributed by atoms with E-state index in [0.29, 0.717) is 12.6 Å². The fourth-order valence-electron chi connectivity index (χ4n) is 3.71. The van der Waals surface area contributed by atoms with Crippen molar-refractivity contribution in [2.24, 2.45) is 17.6 Å². The van der Waals surface area contributed by atoms with Crippen molar-refractivity contribution in [1.29, 1.82) is 0 Å². The van der Waals surface area contributed by atoms with Crippen molar-refractivity contribution in [3.63, 3.8) is 0 Å². The third-order valence-electron chi connectivity index (χ3n) is 5.36. The summed E-state index contributed by atoms with van der Waals surface area (Å²) in [4.78, 5) is 0. The standard InChI is InChI=1S/C17H33NO2/c1-14(2)15-7-9-17(13-18,10-8-15)20-12-4-6-16-5-3-11-19-16/h14-16H,3-13,18H2,1-2H3. The highest BCUT2D eigenvalue weighted by molar-refractivity contribution is 4.89. The number of hydrogen-bond donors (Lipinski definition) is 1. The Morgan fingerprint density at radius 1 is 1.25 bits per heavy atom. The molecule has 1 aliphatic carbocycles. The predicted molar refractivity (Wildman–Crippen MR) is 82.7 cm³/mol. The lowest BCUT2D eigenvalue weighted by atomic mass is 9.74. The smallest absolute Gasteiger partial charge is 0.0804 e. The summed E-state index contributed by atoms with van der Waals surface area (Å²) < 4.78 is 11.9. The normalized spacial score (nSPS) is 34.8. The van der Waals surface area contributed by atoms with E-state index in [-0.39, 0.29) is 5.60 Å². The SMILES string of the molecule is CC(C)C1CCC(CN)(OCCCC2CCCO2)CC1. The minimum Gasteiger partial charge on any atom is -0.378 e. The average Bonchev–Trinajstić information content (AvgIpc) is 2.97. The Bertz CT molecular complexity index is 266. The van der Waals surface area contributed by atoms with E-state index in [1.807, 2.05) is 0 Å². The van der Waals surface area contributed by atoms with Gasteiger partial charge in [-0.25, -0.2) is 0 Å². The molecule has 1 unspecified atom stereocenters. The van der Waals surface area contributed by atoms with E-state index >= 15 is 0 Å². The fourth-order valence-corrected chi connectivity index (χ4v) is 3.71. The maximum atomic E-state index is 6.23. The zero-order valence-electron chi connectivity index (χ0n) is 13.4. The van der Waals surface area contributed by atoms with Gasteiger partial charge in [-0.05, 0) is 63.2 Å². The van der Waals surface area contributed by atoms with Crippen LogP contribution in [0, 0.1) is 11.8 Å². The molecule has 1 aliphatic heterocycles. The topological polar surface area (TPSA) is 44.5 Å². The summed E-state index contributed by atoms with van der Waals surface area (Å²) >= 11 is 0. The third kappa shape index (κ3) is 4.44. The van der Waals surface area contributed by atoms with Crippen molar-refractivity contribution in [1.82, 2.24) is 0 Å². The van der Waals surface area contributed by atoms with Crippen LogP contribution in [0.25, 0.3) is 0 Å². The van der Waals surface area contributed by atoms with Gasteiger partial charge in [0.25, 0.3) is 0 Å². The Kier molecular flexibility index (Phi) is 6.31. The first kappa shape index (κ1) is 16.3. The van der Waals surface area contributed by atoms with Crippen LogP contribution in [0.1, 0.15) is 65.2 Å². The van der Waals surface area contributed by atoms with E-state index in [0.717, 1.165) is 50.7 Å². The molecule has 0 bridgehead atoms. The molecule has 0 aromatic rings. The summed E-state index contributed by atoms with van der Waals surface area (Å²) in [5, 5.41) is 0. The van der Waals surface area contributed by atoms with Crippen LogP contribution in [0.3, 0.4) is 0 Å². The van der Waals surface area contributed by atoms with Crippen LogP contribution in [0.5, 0.6) is 0 Å². The first-order chi connectivity index (χ1) is 9.65. The van der Waals surface area contributed by atoms with Gasteiger partial charge in [0, 0.05) is 19.8 Å². The second kappa shape index (κ2) is 7.77. The molecule has 0 aromatic carbocycles. The highest BCUT2D eigenvalue weighted by atomic mass is 16.5. The molecule has 1 heterocycles. The molecule has 1 saturated carbocycles. The van der Waals surface area contributed by atoms with Crippen molar-refractivity contribution in [2.75, 3.05) is 19.8 Å². The highest BCUT2D eigenvalue weighted by Gasteiger charge is 2.35. The van der Waals surface area contributed by atoms with Gasteiger partial charge in [-0.15, -0.1) is 0 Å². The van der Waals surface area contributed by atoms with Gasteiger partial charge in [-0.3, -0.25) is 0 Å². The largest absolute Gasteiger partial charge is 0.378 e. The Labute approximate surface area is 124 Å². The molecule has 2 aliphatic rings. The summed E-state index contributed by atoms with van der Waals surface area (Å²) in [6, 6.07) is 0. The molecule has 2 fully saturated rings. The number of hydrogen-bond acceptors (Lipinski definition) is 3. The Morgan fingerprint density at radius 3 is 2.55 bits per heavy atom. The van der Waals surface area contributed by atoms with E-state index in [2.05, 4.69) is 13.8 Å². The molecule has 0 amide bonds. The van der Waals surface area contributed by atoms with Gasteiger partial charge in [-0.1, -0.05) is 13.8 Å². The van der Waals surface area contributed by atoms with Crippen LogP contribution < -0.4 is 5.73 Å². The van der Waals surface area contributed by atoms with E-state index in [1.165, 1.54) is 25.7 Å². The van der Waals surface area contributed by atoms with Crippen molar-refractivity contribution >= 4 is 0 Å². The summed E-state index contributed by atoms with van der Waals surface area (Å²) in [5.41, 5.74) is 5.99. The monoisotopic (exact) mass is 283 g/mol. The molecule has 3 heteroatoms. The zero-order chi connectivity index (χ0) is 14.4. The van der Waals surface area contributed by atoms with E-state index in [1.54, 1.807) is 0 Å². The highest BCUT2D eigenvalue weighted by Crippen LogP contribution is 2.37. The second-order valence-electron chi connectivity index (χ2n) is 7.09. The molecule has 2 rings (SSSR count). The van der Waals surface area contributed by atoms with Crippen LogP contribution in [0.4, 0.5) is 0 Å². The number of nitrogens with two attached hydrogens (primary N) is 1. The first-order valence-electron chi connectivity index (χ1n) is 8.61. The molecule has 0 aromatic heterocycles. The van der Waals surface area contributed by atoms with Crippen LogP contribution in [0.2, 0.25) is 0 Å².